The van der Waals surface area contributed by atoms with Gasteiger partial charge in [0, 0.05) is 58.5 Å². The number of nitrogens with one attached hydrogen (secondary N) is 2. The summed E-state index contributed by atoms with van der Waals surface area (Å²) in [5, 5.41) is 7.06. The molecule has 0 unspecified atom stereocenters. The second-order valence-electron chi connectivity index (χ2n) is 10.4. The molecular formula is C34H38Br2Cl2N4O2. The Bertz CT molecular complexity index is 1310. The number of aromatic nitrogens is 2. The molecule has 0 radical (unpaired) electrons. The minimum Gasteiger partial charge on any atom is -1.00 e. The van der Waals surface area contributed by atoms with Crippen molar-refractivity contribution < 1.29 is 52.7 Å². The Hall–Kier alpha value is -2.78. The van der Waals surface area contributed by atoms with Crippen LogP contribution in [-0.2, 0) is 13.1 Å². The van der Waals surface area contributed by atoms with E-state index in [9.17, 15) is 9.59 Å². The minimum atomic E-state index is -0.129. The van der Waals surface area contributed by atoms with Crippen LogP contribution >= 0.6 is 23.2 Å². The lowest BCUT2D eigenvalue weighted by molar-refractivity contribution is -0.697. The molecule has 0 atom stereocenters. The van der Waals surface area contributed by atoms with Crippen molar-refractivity contribution in [3.8, 4) is 0 Å². The van der Waals surface area contributed by atoms with Crippen molar-refractivity contribution in [3.05, 3.63) is 119 Å². The number of halogens is 4. The molecule has 4 aromatic rings. The number of amides is 2. The van der Waals surface area contributed by atoms with E-state index in [4.69, 9.17) is 23.2 Å². The third kappa shape index (κ3) is 13.1. The Morgan fingerprint density at radius 2 is 0.773 bits per heavy atom. The molecule has 2 aromatic carbocycles. The molecule has 0 aliphatic heterocycles. The van der Waals surface area contributed by atoms with Crippen molar-refractivity contribution in [2.45, 2.75) is 64.5 Å². The van der Waals surface area contributed by atoms with Crippen molar-refractivity contribution >= 4 is 46.4 Å². The first kappa shape index (κ1) is 37.4. The van der Waals surface area contributed by atoms with Gasteiger partial charge < -0.3 is 44.6 Å². The van der Waals surface area contributed by atoms with Gasteiger partial charge >= 0.3 is 0 Å². The summed E-state index contributed by atoms with van der Waals surface area (Å²) in [6.07, 6.45) is 17.6. The fourth-order valence-corrected chi connectivity index (χ4v) is 4.89. The third-order valence-corrected chi connectivity index (χ3v) is 7.60. The van der Waals surface area contributed by atoms with Crippen LogP contribution in [0.15, 0.2) is 97.6 Å². The number of rotatable bonds is 15. The van der Waals surface area contributed by atoms with E-state index >= 15 is 0 Å². The van der Waals surface area contributed by atoms with Gasteiger partial charge in [-0.1, -0.05) is 48.9 Å². The van der Waals surface area contributed by atoms with E-state index in [2.05, 4.69) is 19.8 Å². The highest BCUT2D eigenvalue weighted by Gasteiger charge is 2.10. The number of nitrogens with zero attached hydrogens (tertiary/aromatic N) is 2. The fraction of sp³-hybridized carbons (Fsp3) is 0.294. The van der Waals surface area contributed by atoms with E-state index in [1.54, 1.807) is 48.5 Å². The summed E-state index contributed by atoms with van der Waals surface area (Å²) in [4.78, 5) is 24.9. The highest BCUT2D eigenvalue weighted by molar-refractivity contribution is 6.31. The fourth-order valence-electron chi connectivity index (χ4n) is 4.64. The van der Waals surface area contributed by atoms with Crippen LogP contribution in [0.5, 0.6) is 0 Å². The average molecular weight is 765 g/mol. The molecule has 44 heavy (non-hydrogen) atoms. The predicted octanol–water partition coefficient (Wildman–Crippen LogP) is 1.90. The van der Waals surface area contributed by atoms with Crippen molar-refractivity contribution in [2.75, 3.05) is 10.6 Å². The van der Waals surface area contributed by atoms with Crippen LogP contribution in [0.1, 0.15) is 72.1 Å². The lowest BCUT2D eigenvalue weighted by Crippen LogP contribution is -3.00. The van der Waals surface area contributed by atoms with Crippen LogP contribution in [0.3, 0.4) is 0 Å². The number of carbonyl (C=O) groups excluding carboxylic acids is 2. The van der Waals surface area contributed by atoms with Gasteiger partial charge in [-0.2, -0.15) is 0 Å². The Kier molecular flexibility index (Phi) is 17.2. The molecular weight excluding hydrogens is 727 g/mol. The van der Waals surface area contributed by atoms with Gasteiger partial charge in [0.25, 0.3) is 11.8 Å². The number of pyridine rings is 2. The molecule has 2 amide bonds. The van der Waals surface area contributed by atoms with Crippen molar-refractivity contribution in [1.29, 1.82) is 0 Å². The second-order valence-corrected chi connectivity index (χ2v) is 11.3. The minimum absolute atomic E-state index is 0. The predicted molar refractivity (Wildman–Crippen MR) is 169 cm³/mol. The van der Waals surface area contributed by atoms with Crippen LogP contribution in [0.4, 0.5) is 11.4 Å². The van der Waals surface area contributed by atoms with Gasteiger partial charge in [0.2, 0.25) is 0 Å². The number of hydrogen-bond acceptors (Lipinski definition) is 2. The van der Waals surface area contributed by atoms with Gasteiger partial charge in [-0.3, -0.25) is 9.59 Å². The van der Waals surface area contributed by atoms with Crippen molar-refractivity contribution in [3.63, 3.8) is 0 Å². The maximum Gasteiger partial charge on any atom is 0.256 e. The molecule has 0 fully saturated rings. The van der Waals surface area contributed by atoms with Gasteiger partial charge in [-0.05, 0) is 61.4 Å². The summed E-state index contributed by atoms with van der Waals surface area (Å²) in [5.41, 5.74) is 2.72. The molecule has 4 rings (SSSR count). The van der Waals surface area contributed by atoms with Gasteiger partial charge in [0.1, 0.15) is 13.1 Å². The lowest BCUT2D eigenvalue weighted by atomic mass is 10.1. The van der Waals surface area contributed by atoms with Crippen LogP contribution in [0.25, 0.3) is 0 Å². The molecule has 6 nitrogen and oxygen atoms in total. The highest BCUT2D eigenvalue weighted by Crippen LogP contribution is 2.16. The van der Waals surface area contributed by atoms with Crippen molar-refractivity contribution in [1.82, 2.24) is 0 Å². The summed E-state index contributed by atoms with van der Waals surface area (Å²) < 4.78 is 4.27. The Balaban J connectivity index is 0.00000337. The average Bonchev–Trinajstić information content (AvgIpc) is 3.01. The van der Waals surface area contributed by atoms with Crippen LogP contribution in [0, 0.1) is 0 Å². The Labute approximate surface area is 291 Å². The summed E-state index contributed by atoms with van der Waals surface area (Å²) in [7, 11) is 0. The van der Waals surface area contributed by atoms with Gasteiger partial charge in [-0.15, -0.1) is 0 Å². The second kappa shape index (κ2) is 20.3. The molecule has 0 aliphatic carbocycles. The van der Waals surface area contributed by atoms with E-state index in [1.165, 1.54) is 38.5 Å². The Morgan fingerprint density at radius 1 is 0.477 bits per heavy atom. The number of anilines is 2. The molecule has 10 heteroatoms. The van der Waals surface area contributed by atoms with Gasteiger partial charge in [0.15, 0.2) is 24.8 Å². The summed E-state index contributed by atoms with van der Waals surface area (Å²) in [6, 6.07) is 21.6. The topological polar surface area (TPSA) is 66.0 Å². The number of aryl methyl sites for hydroxylation is 2. The molecule has 0 aliphatic rings. The van der Waals surface area contributed by atoms with Gasteiger partial charge in [-0.25, -0.2) is 9.13 Å². The molecule has 0 bridgehead atoms. The Morgan fingerprint density at radius 3 is 1.09 bits per heavy atom. The monoisotopic (exact) mass is 762 g/mol. The zero-order chi connectivity index (χ0) is 29.6. The maximum absolute atomic E-state index is 12.4. The van der Waals surface area contributed by atoms with E-state index in [0.29, 0.717) is 21.2 Å². The summed E-state index contributed by atoms with van der Waals surface area (Å²) in [5.74, 6) is -0.257. The van der Waals surface area contributed by atoms with Gasteiger partial charge in [0.05, 0.1) is 11.1 Å². The smallest absolute Gasteiger partial charge is 0.256 e. The zero-order valence-corrected chi connectivity index (χ0v) is 29.2. The number of unbranched alkanes of at least 4 members (excludes halogenated alkanes) is 7. The largest absolute Gasteiger partial charge is 1.00 e. The number of carbonyl (C=O) groups is 2. The maximum atomic E-state index is 12.4. The number of benzene rings is 2. The quantitative estimate of drug-likeness (QED) is 0.144. The first-order valence-corrected chi connectivity index (χ1v) is 15.3. The molecule has 2 aromatic heterocycles. The first-order valence-electron chi connectivity index (χ1n) is 14.6. The van der Waals surface area contributed by atoms with Crippen molar-refractivity contribution in [2.24, 2.45) is 0 Å². The SMILES string of the molecule is O=C(Nc1ccc(Cl)cc1)c1cc[n+](CCCCCCCCCC[n+]2ccc(C(=O)Nc3ccc(Cl)cc3)cc2)cc1.[Br-].[Br-]. The van der Waals surface area contributed by atoms with E-state index < -0.39 is 0 Å². The molecule has 2 N–H and O–H groups in total. The van der Waals surface area contributed by atoms with Crippen LogP contribution in [0.2, 0.25) is 10.0 Å². The van der Waals surface area contributed by atoms with Crippen LogP contribution < -0.4 is 53.7 Å². The molecule has 0 saturated carbocycles. The van der Waals surface area contributed by atoms with E-state index in [1.807, 2.05) is 49.1 Å². The molecule has 2 heterocycles. The molecule has 0 saturated heterocycles. The normalized spacial score (nSPS) is 10.3. The molecule has 0 spiro atoms. The summed E-state index contributed by atoms with van der Waals surface area (Å²) in [6.45, 7) is 1.91. The highest BCUT2D eigenvalue weighted by atomic mass is 79.9. The van der Waals surface area contributed by atoms with E-state index in [0.717, 1.165) is 37.3 Å². The van der Waals surface area contributed by atoms with E-state index in [-0.39, 0.29) is 45.8 Å². The van der Waals surface area contributed by atoms with Crippen LogP contribution in [-0.4, -0.2) is 11.8 Å². The third-order valence-electron chi connectivity index (χ3n) is 7.09. The standard InChI is InChI=1S/C34H36Cl2N4O2.2BrH/c35-29-9-13-31(14-10-29)37-33(41)27-17-23-39(24-18-27)21-7-5-3-1-2-4-6-8-22-40-25-19-28(20-26-40)34(42)38-32-15-11-30(36)12-16-32;;/h9-20,23-26H,1-8,21-22H2;2*1H. The lowest BCUT2D eigenvalue weighted by Gasteiger charge is -2.05. The number of hydrogen-bond donors (Lipinski definition) is 2. The first-order chi connectivity index (χ1) is 20.5. The summed E-state index contributed by atoms with van der Waals surface area (Å²) >= 11 is 11.8. The molecule has 234 valence electrons. The zero-order valence-electron chi connectivity index (χ0n) is 24.5.